The first-order valence-electron chi connectivity index (χ1n) is 8.19. The average molecular weight is 382 g/mol. The van der Waals surface area contributed by atoms with Crippen LogP contribution in [-0.4, -0.2) is 16.8 Å². The van der Waals surface area contributed by atoms with Crippen LogP contribution in [0.1, 0.15) is 16.7 Å². The summed E-state index contributed by atoms with van der Waals surface area (Å²) in [4.78, 5) is 15.1. The van der Waals surface area contributed by atoms with Crippen LogP contribution in [0.5, 0.6) is 5.75 Å². The Hall–Kier alpha value is -2.37. The topological polar surface area (TPSA) is 29.5 Å². The fourth-order valence-electron chi connectivity index (χ4n) is 2.62. The summed E-state index contributed by atoms with van der Waals surface area (Å²) in [7, 11) is 0. The number of nitrogens with zero attached hydrogens (tertiary/aromatic N) is 1. The van der Waals surface area contributed by atoms with Gasteiger partial charge in [0.1, 0.15) is 12.4 Å². The van der Waals surface area contributed by atoms with Crippen LogP contribution < -0.4 is 9.64 Å². The number of amides is 1. The minimum Gasteiger partial charge on any atom is -0.490 e. The van der Waals surface area contributed by atoms with Gasteiger partial charge in [0.05, 0.1) is 10.6 Å². The predicted octanol–water partition coefficient (Wildman–Crippen LogP) is 5.27. The maximum Gasteiger partial charge on any atom is 0.270 e. The lowest BCUT2D eigenvalue weighted by molar-refractivity contribution is -0.113. The summed E-state index contributed by atoms with van der Waals surface area (Å²) in [5.74, 6) is 0.686. The summed E-state index contributed by atoms with van der Waals surface area (Å²) in [5, 5.41) is 0. The highest BCUT2D eigenvalue weighted by molar-refractivity contribution is 8.27. The zero-order valence-electron chi connectivity index (χ0n) is 14.7. The molecule has 5 heteroatoms. The highest BCUT2D eigenvalue weighted by Gasteiger charge is 2.34. The van der Waals surface area contributed by atoms with E-state index in [0.29, 0.717) is 15.8 Å². The first-order valence-corrected chi connectivity index (χ1v) is 9.41. The van der Waals surface area contributed by atoms with Gasteiger partial charge in [0.15, 0.2) is 4.32 Å². The second kappa shape index (κ2) is 7.89. The molecule has 1 fully saturated rings. The first-order chi connectivity index (χ1) is 12.5. The van der Waals surface area contributed by atoms with Gasteiger partial charge in [0.2, 0.25) is 0 Å². The lowest BCUT2D eigenvalue weighted by Crippen LogP contribution is -2.28. The fraction of sp³-hybridized carbons (Fsp3) is 0.143. The van der Waals surface area contributed by atoms with E-state index in [1.807, 2.05) is 62.4 Å². The number of ether oxygens (including phenoxy) is 1. The molecule has 2 aromatic rings. The van der Waals surface area contributed by atoms with Crippen molar-refractivity contribution in [3.8, 4) is 5.75 Å². The first kappa shape index (κ1) is 18.4. The van der Waals surface area contributed by atoms with Crippen LogP contribution in [-0.2, 0) is 4.79 Å². The Morgan fingerprint density at radius 2 is 1.92 bits per heavy atom. The van der Waals surface area contributed by atoms with E-state index in [1.165, 1.54) is 11.8 Å². The largest absolute Gasteiger partial charge is 0.490 e. The van der Waals surface area contributed by atoms with Gasteiger partial charge in [0.25, 0.3) is 5.91 Å². The third-order valence-electron chi connectivity index (χ3n) is 4.16. The van der Waals surface area contributed by atoms with Gasteiger partial charge in [0, 0.05) is 0 Å². The van der Waals surface area contributed by atoms with Crippen molar-refractivity contribution in [1.29, 1.82) is 0 Å². The molecule has 0 bridgehead atoms. The number of rotatable bonds is 5. The van der Waals surface area contributed by atoms with Gasteiger partial charge >= 0.3 is 0 Å². The van der Waals surface area contributed by atoms with Crippen molar-refractivity contribution in [2.45, 2.75) is 13.8 Å². The van der Waals surface area contributed by atoms with E-state index in [4.69, 9.17) is 17.0 Å². The summed E-state index contributed by atoms with van der Waals surface area (Å²) < 4.78 is 6.03. The maximum atomic E-state index is 12.9. The Labute approximate surface area is 163 Å². The number of thiocarbonyl (C=S) groups is 1. The Bertz CT molecular complexity index is 901. The molecule has 0 spiro atoms. The molecule has 1 aliphatic rings. The normalized spacial score (nSPS) is 15.6. The summed E-state index contributed by atoms with van der Waals surface area (Å²) in [6, 6.07) is 13.5. The molecule has 0 aliphatic carbocycles. The Morgan fingerprint density at radius 3 is 2.62 bits per heavy atom. The lowest BCUT2D eigenvalue weighted by Gasteiger charge is -2.18. The van der Waals surface area contributed by atoms with Gasteiger partial charge in [-0.1, -0.05) is 60.9 Å². The second-order valence-electron chi connectivity index (χ2n) is 5.90. The van der Waals surface area contributed by atoms with Crippen LogP contribution in [0.4, 0.5) is 5.69 Å². The van der Waals surface area contributed by atoms with E-state index in [-0.39, 0.29) is 5.91 Å². The fourth-order valence-corrected chi connectivity index (χ4v) is 3.90. The summed E-state index contributed by atoms with van der Waals surface area (Å²) in [5.41, 5.74) is 3.98. The number of carbonyl (C=O) groups is 1. The van der Waals surface area contributed by atoms with E-state index in [0.717, 1.165) is 28.1 Å². The second-order valence-corrected chi connectivity index (χ2v) is 7.58. The maximum absolute atomic E-state index is 12.9. The van der Waals surface area contributed by atoms with Crippen molar-refractivity contribution in [1.82, 2.24) is 0 Å². The van der Waals surface area contributed by atoms with E-state index < -0.39 is 0 Å². The van der Waals surface area contributed by atoms with Crippen LogP contribution >= 0.6 is 24.0 Å². The van der Waals surface area contributed by atoms with Crippen molar-refractivity contribution < 1.29 is 9.53 Å². The van der Waals surface area contributed by atoms with E-state index in [1.54, 1.807) is 11.0 Å². The Kier molecular flexibility index (Phi) is 5.59. The Morgan fingerprint density at radius 1 is 1.19 bits per heavy atom. The van der Waals surface area contributed by atoms with Gasteiger partial charge in [-0.3, -0.25) is 9.69 Å². The minimum absolute atomic E-state index is 0.0827. The monoisotopic (exact) mass is 381 g/mol. The van der Waals surface area contributed by atoms with Gasteiger partial charge in [-0.25, -0.2) is 0 Å². The molecule has 0 atom stereocenters. The van der Waals surface area contributed by atoms with Gasteiger partial charge in [-0.15, -0.1) is 0 Å². The van der Waals surface area contributed by atoms with Crippen molar-refractivity contribution >= 4 is 46.0 Å². The Balaban J connectivity index is 1.85. The summed E-state index contributed by atoms with van der Waals surface area (Å²) >= 11 is 6.79. The number of thioether (sulfide) groups is 1. The molecule has 0 radical (unpaired) electrons. The lowest BCUT2D eigenvalue weighted by atomic mass is 10.1. The van der Waals surface area contributed by atoms with Gasteiger partial charge in [-0.2, -0.15) is 0 Å². The smallest absolute Gasteiger partial charge is 0.270 e. The van der Waals surface area contributed by atoms with E-state index >= 15 is 0 Å². The molecule has 132 valence electrons. The standard InChI is InChI=1S/C21H19NO2S2/c1-4-12-24-17-10-8-16(9-11-17)13-19-20(23)22(21(25)26-19)18-7-5-6-14(2)15(18)3/h4-11,13H,1,12H2,2-3H3. The molecule has 3 rings (SSSR count). The summed E-state index contributed by atoms with van der Waals surface area (Å²) in [6.07, 6.45) is 3.56. The highest BCUT2D eigenvalue weighted by atomic mass is 32.2. The van der Waals surface area contributed by atoms with Crippen LogP contribution in [0.3, 0.4) is 0 Å². The molecular formula is C21H19NO2S2. The van der Waals surface area contributed by atoms with Gasteiger partial charge < -0.3 is 4.74 Å². The molecule has 1 aliphatic heterocycles. The van der Waals surface area contributed by atoms with Crippen molar-refractivity contribution in [2.75, 3.05) is 11.5 Å². The number of hydrogen-bond acceptors (Lipinski definition) is 4. The molecular weight excluding hydrogens is 362 g/mol. The van der Waals surface area contributed by atoms with Crippen molar-refractivity contribution in [3.63, 3.8) is 0 Å². The average Bonchev–Trinajstić information content (AvgIpc) is 2.90. The zero-order chi connectivity index (χ0) is 18.7. The number of carbonyl (C=O) groups excluding carboxylic acids is 1. The molecule has 0 aromatic heterocycles. The molecule has 1 saturated heterocycles. The van der Waals surface area contributed by atoms with Crippen LogP contribution in [0.15, 0.2) is 60.0 Å². The zero-order valence-corrected chi connectivity index (χ0v) is 16.3. The third-order valence-corrected chi connectivity index (χ3v) is 5.46. The molecule has 0 unspecified atom stereocenters. The number of aryl methyl sites for hydroxylation is 1. The molecule has 1 heterocycles. The third kappa shape index (κ3) is 3.74. The van der Waals surface area contributed by atoms with Gasteiger partial charge in [-0.05, 0) is 54.8 Å². The minimum atomic E-state index is -0.0827. The highest BCUT2D eigenvalue weighted by Crippen LogP contribution is 2.37. The quantitative estimate of drug-likeness (QED) is 0.401. The predicted molar refractivity (Wildman–Crippen MR) is 114 cm³/mol. The number of anilines is 1. The molecule has 0 saturated carbocycles. The molecule has 3 nitrogen and oxygen atoms in total. The van der Waals surface area contributed by atoms with Crippen LogP contribution in [0.25, 0.3) is 6.08 Å². The van der Waals surface area contributed by atoms with E-state index in [2.05, 4.69) is 6.58 Å². The molecule has 2 aromatic carbocycles. The van der Waals surface area contributed by atoms with Crippen molar-refractivity contribution in [2.24, 2.45) is 0 Å². The molecule has 1 amide bonds. The van der Waals surface area contributed by atoms with E-state index in [9.17, 15) is 4.79 Å². The summed E-state index contributed by atoms with van der Waals surface area (Å²) in [6.45, 7) is 8.13. The molecule has 0 N–H and O–H groups in total. The van der Waals surface area contributed by atoms with Crippen LogP contribution in [0.2, 0.25) is 0 Å². The van der Waals surface area contributed by atoms with Crippen molar-refractivity contribution in [3.05, 3.63) is 76.7 Å². The SMILES string of the molecule is C=CCOc1ccc(C=C2SC(=S)N(c3cccc(C)c3C)C2=O)cc1. The number of hydrogen-bond donors (Lipinski definition) is 0. The molecule has 26 heavy (non-hydrogen) atoms. The number of benzene rings is 2. The van der Waals surface area contributed by atoms with Crippen LogP contribution in [0, 0.1) is 13.8 Å².